The highest BCUT2D eigenvalue weighted by atomic mass is 19.1. The van der Waals surface area contributed by atoms with Crippen LogP contribution in [-0.2, 0) is 9.57 Å². The molecule has 2 aliphatic rings. The lowest BCUT2D eigenvalue weighted by Crippen LogP contribution is -2.48. The molecule has 2 unspecified atom stereocenters. The van der Waals surface area contributed by atoms with Crippen molar-refractivity contribution >= 4 is 46.2 Å². The number of piperazine rings is 1. The number of hydrogen-bond donors (Lipinski definition) is 3. The predicted molar refractivity (Wildman–Crippen MR) is 148 cm³/mol. The number of aromatic amines is 1. The quantitative estimate of drug-likeness (QED) is 0.285. The van der Waals surface area contributed by atoms with Crippen LogP contribution < -0.4 is 21.3 Å². The number of hydrogen-bond acceptors (Lipinski definition) is 12. The zero-order valence-electron chi connectivity index (χ0n) is 22.9. The fraction of sp³-hybridized carbons (Fsp3) is 0.370. The van der Waals surface area contributed by atoms with Gasteiger partial charge in [0.1, 0.15) is 11.4 Å². The van der Waals surface area contributed by atoms with Gasteiger partial charge in [-0.25, -0.2) is 23.9 Å². The number of H-pyrrole nitrogens is 1. The lowest BCUT2D eigenvalue weighted by Gasteiger charge is -2.33. The molecule has 3 aromatic heterocycles. The van der Waals surface area contributed by atoms with Gasteiger partial charge in [-0.05, 0) is 52.3 Å². The first-order chi connectivity index (χ1) is 19.5. The van der Waals surface area contributed by atoms with Crippen LogP contribution in [0.3, 0.4) is 0 Å². The summed E-state index contributed by atoms with van der Waals surface area (Å²) in [5.74, 6) is -0.000935. The van der Waals surface area contributed by atoms with E-state index in [0.717, 1.165) is 12.0 Å². The second-order valence-electron chi connectivity index (χ2n) is 11.1. The number of pyridine rings is 1. The molecule has 2 aliphatic heterocycles. The largest absolute Gasteiger partial charge is 0.528 e. The predicted octanol–water partition coefficient (Wildman–Crippen LogP) is 4.37. The van der Waals surface area contributed by atoms with Gasteiger partial charge in [-0.2, -0.15) is 4.98 Å². The minimum absolute atomic E-state index is 0.0450. The Morgan fingerprint density at radius 3 is 2.68 bits per heavy atom. The molecule has 0 spiro atoms. The van der Waals surface area contributed by atoms with E-state index in [9.17, 15) is 9.59 Å². The number of aryl methyl sites for hydroxylation is 1. The van der Waals surface area contributed by atoms with Crippen LogP contribution in [0.4, 0.5) is 38.1 Å². The van der Waals surface area contributed by atoms with E-state index in [-0.39, 0.29) is 23.8 Å². The number of hydroxylamine groups is 2. The number of fused-ring (bicyclic) bond motifs is 3. The van der Waals surface area contributed by atoms with Crippen molar-refractivity contribution in [1.29, 1.82) is 0 Å². The van der Waals surface area contributed by atoms with Crippen molar-refractivity contribution in [2.45, 2.75) is 51.8 Å². The number of nitrogens with one attached hydrogen (secondary N) is 3. The molecular weight excluding hydrogens is 535 g/mol. The average Bonchev–Trinajstić information content (AvgIpc) is 3.58. The SMILES string of the molecule is Cc1cnc(Nc2cnc(N3CC4CC3CN4OC(=O)OC(C)(C)C)c(F)c2)nc1Nc1ccc2oc(=O)[nH]c2c1. The van der Waals surface area contributed by atoms with E-state index in [4.69, 9.17) is 14.0 Å². The first-order valence-electron chi connectivity index (χ1n) is 13.1. The first-order valence-corrected chi connectivity index (χ1v) is 13.1. The summed E-state index contributed by atoms with van der Waals surface area (Å²) in [6.45, 7) is 8.07. The third-order valence-corrected chi connectivity index (χ3v) is 6.77. The fourth-order valence-corrected chi connectivity index (χ4v) is 5.00. The molecule has 0 aliphatic carbocycles. The van der Waals surface area contributed by atoms with E-state index >= 15 is 4.39 Å². The van der Waals surface area contributed by atoms with Gasteiger partial charge in [-0.3, -0.25) is 4.98 Å². The molecule has 1 aromatic carbocycles. The minimum atomic E-state index is -0.747. The highest BCUT2D eigenvalue weighted by molar-refractivity contribution is 5.78. The van der Waals surface area contributed by atoms with Crippen molar-refractivity contribution in [2.75, 3.05) is 28.6 Å². The van der Waals surface area contributed by atoms with Gasteiger partial charge in [-0.1, -0.05) is 0 Å². The average molecular weight is 565 g/mol. The smallest absolute Gasteiger partial charge is 0.427 e. The molecule has 3 N–H and O–H groups in total. The Morgan fingerprint density at radius 1 is 1.12 bits per heavy atom. The second-order valence-corrected chi connectivity index (χ2v) is 11.1. The molecular formula is C27H29FN8O5. The Labute approximate surface area is 233 Å². The number of anilines is 5. The Kier molecular flexibility index (Phi) is 6.49. The number of halogens is 1. The van der Waals surface area contributed by atoms with Crippen LogP contribution in [0.15, 0.2) is 45.9 Å². The Morgan fingerprint density at radius 2 is 1.95 bits per heavy atom. The Balaban J connectivity index is 1.11. The maximum Gasteiger partial charge on any atom is 0.528 e. The van der Waals surface area contributed by atoms with Crippen molar-refractivity contribution < 1.29 is 23.2 Å². The van der Waals surface area contributed by atoms with Crippen molar-refractivity contribution in [3.05, 3.63) is 58.6 Å². The molecule has 14 heteroatoms. The molecule has 41 heavy (non-hydrogen) atoms. The van der Waals surface area contributed by atoms with E-state index < -0.39 is 23.3 Å². The molecule has 214 valence electrons. The Bertz CT molecular complexity index is 1680. The molecule has 0 amide bonds. The molecule has 2 saturated heterocycles. The number of rotatable bonds is 6. The summed E-state index contributed by atoms with van der Waals surface area (Å²) in [4.78, 5) is 46.6. The zero-order chi connectivity index (χ0) is 28.9. The summed E-state index contributed by atoms with van der Waals surface area (Å²) in [6.07, 6.45) is 3.14. The van der Waals surface area contributed by atoms with Crippen LogP contribution in [-0.4, -0.2) is 61.9 Å². The van der Waals surface area contributed by atoms with E-state index in [2.05, 4.69) is 30.6 Å². The van der Waals surface area contributed by atoms with Gasteiger partial charge >= 0.3 is 11.9 Å². The van der Waals surface area contributed by atoms with E-state index in [0.29, 0.717) is 41.4 Å². The number of carbonyl (C=O) groups is 1. The van der Waals surface area contributed by atoms with Crippen LogP contribution in [0.5, 0.6) is 0 Å². The van der Waals surface area contributed by atoms with E-state index in [1.165, 1.54) is 12.3 Å². The van der Waals surface area contributed by atoms with E-state index in [1.54, 1.807) is 50.2 Å². The summed E-state index contributed by atoms with van der Waals surface area (Å²) in [7, 11) is 0. The number of ether oxygens (including phenoxy) is 1. The number of oxazole rings is 1. The van der Waals surface area contributed by atoms with Crippen molar-refractivity contribution in [2.24, 2.45) is 0 Å². The van der Waals surface area contributed by atoms with Gasteiger partial charge in [0.05, 0.1) is 30.0 Å². The number of nitrogens with zero attached hydrogens (tertiary/aromatic N) is 5. The standard InChI is InChI=1S/C27H29FN8O5/c1-14-10-30-24(34-22(14)31-15-5-6-21-20(8-15)33-25(37)39-21)32-16-7-19(28)23(29-11-16)35-12-18-9-17(35)13-36(18)41-26(38)40-27(2,3)4/h5-8,10-11,17-18H,9,12-13H2,1-4H3,(H,33,37)(H2,30,31,32,34). The van der Waals surface area contributed by atoms with Crippen molar-refractivity contribution in [3.63, 3.8) is 0 Å². The second kappa shape index (κ2) is 10.0. The maximum atomic E-state index is 15.2. The van der Waals surface area contributed by atoms with Gasteiger partial charge in [0.25, 0.3) is 0 Å². The molecule has 2 bridgehead atoms. The van der Waals surface area contributed by atoms with Gasteiger partial charge in [-0.15, -0.1) is 5.06 Å². The van der Waals surface area contributed by atoms with Crippen LogP contribution >= 0.6 is 0 Å². The monoisotopic (exact) mass is 564 g/mol. The molecule has 6 rings (SSSR count). The molecule has 2 atom stereocenters. The van der Waals surface area contributed by atoms with Crippen molar-refractivity contribution in [1.82, 2.24) is 25.0 Å². The third kappa shape index (κ3) is 5.63. The molecule has 0 radical (unpaired) electrons. The summed E-state index contributed by atoms with van der Waals surface area (Å²) in [5, 5.41) is 7.82. The normalized spacial score (nSPS) is 18.6. The lowest BCUT2D eigenvalue weighted by molar-refractivity contribution is -0.152. The molecule has 2 fully saturated rings. The molecule has 5 heterocycles. The molecule has 13 nitrogen and oxygen atoms in total. The highest BCUT2D eigenvalue weighted by Crippen LogP contribution is 2.36. The van der Waals surface area contributed by atoms with Gasteiger partial charge in [0, 0.05) is 36.1 Å². The highest BCUT2D eigenvalue weighted by Gasteiger charge is 2.47. The Hall–Kier alpha value is -4.72. The van der Waals surface area contributed by atoms with Gasteiger partial charge < -0.3 is 29.5 Å². The van der Waals surface area contributed by atoms with E-state index in [1.807, 2.05) is 11.8 Å². The molecule has 4 aromatic rings. The summed E-state index contributed by atoms with van der Waals surface area (Å²) < 4.78 is 25.5. The number of benzene rings is 1. The van der Waals surface area contributed by atoms with Crippen LogP contribution in [0.2, 0.25) is 0 Å². The van der Waals surface area contributed by atoms with Crippen LogP contribution in [0.1, 0.15) is 32.8 Å². The lowest BCUT2D eigenvalue weighted by atomic mass is 10.2. The third-order valence-electron chi connectivity index (χ3n) is 6.77. The minimum Gasteiger partial charge on any atom is -0.427 e. The summed E-state index contributed by atoms with van der Waals surface area (Å²) in [6, 6.07) is 6.41. The number of aromatic nitrogens is 4. The fourth-order valence-electron chi connectivity index (χ4n) is 5.00. The van der Waals surface area contributed by atoms with Crippen LogP contribution in [0, 0.1) is 12.7 Å². The summed E-state index contributed by atoms with van der Waals surface area (Å²) >= 11 is 0. The summed E-state index contributed by atoms with van der Waals surface area (Å²) in [5.41, 5.74) is 2.22. The van der Waals surface area contributed by atoms with Gasteiger partial charge in [0.15, 0.2) is 17.2 Å². The number of carbonyl (C=O) groups excluding carboxylic acids is 1. The maximum absolute atomic E-state index is 15.2. The van der Waals surface area contributed by atoms with Crippen LogP contribution in [0.25, 0.3) is 11.1 Å². The zero-order valence-corrected chi connectivity index (χ0v) is 22.9. The van der Waals surface area contributed by atoms with Gasteiger partial charge in [0.2, 0.25) is 5.95 Å². The topological polar surface area (TPSA) is 151 Å². The van der Waals surface area contributed by atoms with Crippen molar-refractivity contribution in [3.8, 4) is 0 Å². The molecule has 0 saturated carbocycles. The first kappa shape index (κ1) is 26.5.